The predicted molar refractivity (Wildman–Crippen MR) is 73.4 cm³/mol. The standard InChI is InChI=1S/C14H17FN2S/c1-8(2)12-7-18-14(17-12)13(16)10-6-9(3)4-5-11(10)15/h4-8,13H,16H2,1-3H3. The lowest BCUT2D eigenvalue weighted by atomic mass is 10.0. The molecule has 2 nitrogen and oxygen atoms in total. The van der Waals surface area contributed by atoms with Gasteiger partial charge in [0.2, 0.25) is 0 Å². The molecule has 1 unspecified atom stereocenters. The molecule has 0 saturated carbocycles. The summed E-state index contributed by atoms with van der Waals surface area (Å²) in [7, 11) is 0. The minimum atomic E-state index is -0.484. The molecule has 1 heterocycles. The summed E-state index contributed by atoms with van der Waals surface area (Å²) in [5, 5.41) is 2.76. The lowest BCUT2D eigenvalue weighted by molar-refractivity contribution is 0.598. The van der Waals surface area contributed by atoms with E-state index in [0.717, 1.165) is 16.3 Å². The molecule has 2 rings (SSSR count). The Morgan fingerprint density at radius 1 is 1.33 bits per heavy atom. The molecular weight excluding hydrogens is 247 g/mol. The van der Waals surface area contributed by atoms with Crippen molar-refractivity contribution in [3.05, 3.63) is 51.2 Å². The van der Waals surface area contributed by atoms with E-state index in [1.807, 2.05) is 12.3 Å². The molecular formula is C14H17FN2S. The Morgan fingerprint density at radius 3 is 2.67 bits per heavy atom. The minimum Gasteiger partial charge on any atom is -0.318 e. The van der Waals surface area contributed by atoms with Crippen molar-refractivity contribution in [1.82, 2.24) is 4.98 Å². The Balaban J connectivity index is 2.34. The number of halogens is 1. The zero-order valence-corrected chi connectivity index (χ0v) is 11.6. The van der Waals surface area contributed by atoms with Gasteiger partial charge in [0.15, 0.2) is 0 Å². The van der Waals surface area contributed by atoms with Gasteiger partial charge in [-0.2, -0.15) is 0 Å². The summed E-state index contributed by atoms with van der Waals surface area (Å²) < 4.78 is 13.8. The fraction of sp³-hybridized carbons (Fsp3) is 0.357. The summed E-state index contributed by atoms with van der Waals surface area (Å²) in [5.74, 6) is 0.0963. The quantitative estimate of drug-likeness (QED) is 0.916. The third kappa shape index (κ3) is 2.60. The molecule has 2 aromatic rings. The predicted octanol–water partition coefficient (Wildman–Crippen LogP) is 3.76. The molecule has 0 aliphatic carbocycles. The second-order valence-corrected chi connectivity index (χ2v) is 5.66. The van der Waals surface area contributed by atoms with Crippen molar-refractivity contribution < 1.29 is 4.39 Å². The van der Waals surface area contributed by atoms with E-state index in [1.165, 1.54) is 17.4 Å². The van der Waals surface area contributed by atoms with Crippen LogP contribution in [0.2, 0.25) is 0 Å². The van der Waals surface area contributed by atoms with Crippen molar-refractivity contribution in [3.63, 3.8) is 0 Å². The highest BCUT2D eigenvalue weighted by molar-refractivity contribution is 7.09. The average molecular weight is 264 g/mol. The Kier molecular flexibility index (Phi) is 3.78. The van der Waals surface area contributed by atoms with E-state index in [4.69, 9.17) is 5.73 Å². The van der Waals surface area contributed by atoms with E-state index in [2.05, 4.69) is 18.8 Å². The highest BCUT2D eigenvalue weighted by Gasteiger charge is 2.17. The van der Waals surface area contributed by atoms with Gasteiger partial charge in [0.05, 0.1) is 11.7 Å². The van der Waals surface area contributed by atoms with E-state index in [9.17, 15) is 4.39 Å². The molecule has 4 heteroatoms. The van der Waals surface area contributed by atoms with E-state index in [-0.39, 0.29) is 5.82 Å². The second kappa shape index (κ2) is 5.16. The summed E-state index contributed by atoms with van der Waals surface area (Å²) >= 11 is 1.49. The average Bonchev–Trinajstić information content (AvgIpc) is 2.81. The van der Waals surface area contributed by atoms with Crippen LogP contribution in [-0.2, 0) is 0 Å². The van der Waals surface area contributed by atoms with Crippen LogP contribution in [0.5, 0.6) is 0 Å². The van der Waals surface area contributed by atoms with Gasteiger partial charge in [-0.15, -0.1) is 11.3 Å². The minimum absolute atomic E-state index is 0.269. The summed E-state index contributed by atoms with van der Waals surface area (Å²) in [6, 6.07) is 4.51. The molecule has 0 bridgehead atoms. The number of hydrogen-bond donors (Lipinski definition) is 1. The summed E-state index contributed by atoms with van der Waals surface area (Å²) in [6.45, 7) is 6.09. The zero-order valence-electron chi connectivity index (χ0n) is 10.8. The van der Waals surface area contributed by atoms with Crippen LogP contribution in [-0.4, -0.2) is 4.98 Å². The van der Waals surface area contributed by atoms with Gasteiger partial charge in [0.1, 0.15) is 10.8 Å². The van der Waals surface area contributed by atoms with E-state index >= 15 is 0 Å². The van der Waals surface area contributed by atoms with Crippen molar-refractivity contribution in [2.45, 2.75) is 32.7 Å². The van der Waals surface area contributed by atoms with Gasteiger partial charge in [-0.1, -0.05) is 31.5 Å². The second-order valence-electron chi connectivity index (χ2n) is 4.77. The van der Waals surface area contributed by atoms with Gasteiger partial charge in [-0.3, -0.25) is 0 Å². The number of benzene rings is 1. The van der Waals surface area contributed by atoms with Crippen molar-refractivity contribution in [2.24, 2.45) is 5.73 Å². The third-order valence-electron chi connectivity index (χ3n) is 2.88. The number of nitrogens with zero attached hydrogens (tertiary/aromatic N) is 1. The van der Waals surface area contributed by atoms with Gasteiger partial charge < -0.3 is 5.73 Å². The van der Waals surface area contributed by atoms with Crippen molar-refractivity contribution in [1.29, 1.82) is 0 Å². The number of aromatic nitrogens is 1. The molecule has 0 fully saturated rings. The van der Waals surface area contributed by atoms with Crippen LogP contribution in [0, 0.1) is 12.7 Å². The highest BCUT2D eigenvalue weighted by atomic mass is 32.1. The molecule has 0 aliphatic heterocycles. The summed E-state index contributed by atoms with van der Waals surface area (Å²) in [5.41, 5.74) is 8.64. The number of rotatable bonds is 3. The molecule has 0 spiro atoms. The topological polar surface area (TPSA) is 38.9 Å². The van der Waals surface area contributed by atoms with E-state index in [0.29, 0.717) is 11.5 Å². The largest absolute Gasteiger partial charge is 0.318 e. The number of thiazole rings is 1. The lowest BCUT2D eigenvalue weighted by Gasteiger charge is -2.11. The smallest absolute Gasteiger partial charge is 0.128 e. The van der Waals surface area contributed by atoms with Gasteiger partial charge >= 0.3 is 0 Å². The molecule has 0 amide bonds. The molecule has 1 aromatic carbocycles. The SMILES string of the molecule is Cc1ccc(F)c(C(N)c2nc(C(C)C)cs2)c1. The molecule has 2 N–H and O–H groups in total. The van der Waals surface area contributed by atoms with E-state index < -0.39 is 6.04 Å². The first-order valence-corrected chi connectivity index (χ1v) is 6.84. The van der Waals surface area contributed by atoms with Crippen molar-refractivity contribution in [3.8, 4) is 0 Å². The van der Waals surface area contributed by atoms with E-state index in [1.54, 1.807) is 12.1 Å². The van der Waals surface area contributed by atoms with Gasteiger partial charge in [0.25, 0.3) is 0 Å². The molecule has 18 heavy (non-hydrogen) atoms. The van der Waals surface area contributed by atoms with Crippen LogP contribution in [0.1, 0.15) is 47.6 Å². The number of aryl methyl sites for hydroxylation is 1. The Bertz CT molecular complexity index is 548. The van der Waals surface area contributed by atoms with Crippen LogP contribution in [0.3, 0.4) is 0 Å². The molecule has 96 valence electrons. The lowest BCUT2D eigenvalue weighted by Crippen LogP contribution is -2.13. The molecule has 0 saturated heterocycles. The van der Waals surface area contributed by atoms with Crippen molar-refractivity contribution >= 4 is 11.3 Å². The Labute approximate surface area is 111 Å². The first-order chi connectivity index (χ1) is 8.49. The molecule has 0 aliphatic rings. The number of hydrogen-bond acceptors (Lipinski definition) is 3. The summed E-state index contributed by atoms with van der Waals surface area (Å²) in [4.78, 5) is 4.48. The molecule has 1 aromatic heterocycles. The van der Waals surface area contributed by atoms with Crippen LogP contribution >= 0.6 is 11.3 Å². The fourth-order valence-corrected chi connectivity index (χ4v) is 2.74. The normalized spacial score (nSPS) is 13.0. The Morgan fingerprint density at radius 2 is 2.06 bits per heavy atom. The van der Waals surface area contributed by atoms with Crippen LogP contribution in [0.15, 0.2) is 23.6 Å². The number of nitrogens with two attached hydrogens (primary N) is 1. The monoisotopic (exact) mass is 264 g/mol. The van der Waals surface area contributed by atoms with Gasteiger partial charge in [0, 0.05) is 10.9 Å². The first-order valence-electron chi connectivity index (χ1n) is 5.96. The van der Waals surface area contributed by atoms with Crippen LogP contribution < -0.4 is 5.73 Å². The molecule has 0 radical (unpaired) electrons. The van der Waals surface area contributed by atoms with Crippen LogP contribution in [0.4, 0.5) is 4.39 Å². The molecule has 1 atom stereocenters. The first kappa shape index (κ1) is 13.2. The van der Waals surface area contributed by atoms with Crippen molar-refractivity contribution in [2.75, 3.05) is 0 Å². The Hall–Kier alpha value is -1.26. The van der Waals surface area contributed by atoms with Crippen LogP contribution in [0.25, 0.3) is 0 Å². The maximum Gasteiger partial charge on any atom is 0.128 e. The zero-order chi connectivity index (χ0) is 13.3. The van der Waals surface area contributed by atoms with Gasteiger partial charge in [-0.25, -0.2) is 9.37 Å². The van der Waals surface area contributed by atoms with Gasteiger partial charge in [-0.05, 0) is 18.9 Å². The maximum atomic E-state index is 13.8. The highest BCUT2D eigenvalue weighted by Crippen LogP contribution is 2.27. The third-order valence-corrected chi connectivity index (χ3v) is 3.83. The fourth-order valence-electron chi connectivity index (χ4n) is 1.74. The summed E-state index contributed by atoms with van der Waals surface area (Å²) in [6.07, 6.45) is 0. The maximum absolute atomic E-state index is 13.8.